The van der Waals surface area contributed by atoms with Gasteiger partial charge in [-0.05, 0) is 62.4 Å². The number of hydrogen-bond acceptors (Lipinski definition) is 5. The van der Waals surface area contributed by atoms with Crippen molar-refractivity contribution in [1.82, 2.24) is 15.5 Å². The summed E-state index contributed by atoms with van der Waals surface area (Å²) in [5.74, 6) is 3.10. The average Bonchev–Trinajstić information content (AvgIpc) is 3.33. The molecule has 0 aromatic heterocycles. The highest BCUT2D eigenvalue weighted by Gasteiger charge is 2.19. The Morgan fingerprint density at radius 2 is 1.94 bits per heavy atom. The van der Waals surface area contributed by atoms with Gasteiger partial charge in [-0.3, -0.25) is 9.89 Å². The van der Waals surface area contributed by atoms with E-state index in [2.05, 4.69) is 32.7 Å². The fourth-order valence-corrected chi connectivity index (χ4v) is 4.15. The molecule has 2 saturated heterocycles. The van der Waals surface area contributed by atoms with Crippen molar-refractivity contribution >= 4 is 5.96 Å². The number of likely N-dealkylation sites (tertiary alicyclic amines) is 1. The second kappa shape index (κ2) is 13.6. The predicted octanol–water partition coefficient (Wildman–Crippen LogP) is 2.52. The number of piperidine rings is 1. The van der Waals surface area contributed by atoms with Gasteiger partial charge in [0.1, 0.15) is 5.75 Å². The molecule has 3 rings (SSSR count). The topological polar surface area (TPSA) is 67.4 Å². The van der Waals surface area contributed by atoms with E-state index in [-0.39, 0.29) is 0 Å². The van der Waals surface area contributed by atoms with E-state index < -0.39 is 0 Å². The molecular weight excluding hydrogens is 392 g/mol. The molecule has 31 heavy (non-hydrogen) atoms. The minimum Gasteiger partial charge on any atom is -0.497 e. The van der Waals surface area contributed by atoms with E-state index in [4.69, 9.17) is 14.2 Å². The minimum atomic E-state index is 0.588. The summed E-state index contributed by atoms with van der Waals surface area (Å²) in [6, 6.07) is 8.41. The van der Waals surface area contributed by atoms with E-state index in [1.54, 1.807) is 7.11 Å². The molecule has 7 heteroatoms. The lowest BCUT2D eigenvalue weighted by atomic mass is 9.96. The Labute approximate surface area is 187 Å². The lowest BCUT2D eigenvalue weighted by molar-refractivity contribution is 0.0888. The van der Waals surface area contributed by atoms with Crippen molar-refractivity contribution < 1.29 is 14.2 Å². The van der Waals surface area contributed by atoms with Gasteiger partial charge in [-0.25, -0.2) is 0 Å². The van der Waals surface area contributed by atoms with E-state index in [0.29, 0.717) is 11.8 Å². The third-order valence-electron chi connectivity index (χ3n) is 6.19. The lowest BCUT2D eigenvalue weighted by Crippen LogP contribution is -2.43. The fraction of sp³-hybridized carbons (Fsp3) is 0.708. The van der Waals surface area contributed by atoms with Crippen LogP contribution in [0.25, 0.3) is 0 Å². The van der Waals surface area contributed by atoms with Crippen LogP contribution in [0.3, 0.4) is 0 Å². The Hall–Kier alpha value is -1.83. The third kappa shape index (κ3) is 8.67. The van der Waals surface area contributed by atoms with Gasteiger partial charge in [0.05, 0.1) is 20.3 Å². The predicted molar refractivity (Wildman–Crippen MR) is 125 cm³/mol. The summed E-state index contributed by atoms with van der Waals surface area (Å²) in [5, 5.41) is 6.90. The minimum absolute atomic E-state index is 0.588. The highest BCUT2D eigenvalue weighted by molar-refractivity contribution is 5.79. The van der Waals surface area contributed by atoms with Gasteiger partial charge in [0.15, 0.2) is 5.96 Å². The van der Waals surface area contributed by atoms with Gasteiger partial charge in [0.2, 0.25) is 0 Å². The zero-order valence-corrected chi connectivity index (χ0v) is 19.3. The molecule has 1 atom stereocenters. The van der Waals surface area contributed by atoms with Crippen LogP contribution in [-0.2, 0) is 16.0 Å². The number of nitrogens with zero attached hydrogens (tertiary/aromatic N) is 2. The van der Waals surface area contributed by atoms with E-state index >= 15 is 0 Å². The largest absolute Gasteiger partial charge is 0.497 e. The molecule has 0 amide bonds. The molecule has 1 aromatic carbocycles. The van der Waals surface area contributed by atoms with Gasteiger partial charge in [0.25, 0.3) is 0 Å². The SMILES string of the molecule is CN=C(NCCCOCC1CCOC1)NCC1CCN(Cc2ccc(OC)cc2)CC1. The molecule has 0 spiro atoms. The first-order chi connectivity index (χ1) is 15.3. The van der Waals surface area contributed by atoms with Gasteiger partial charge >= 0.3 is 0 Å². The van der Waals surface area contributed by atoms with Gasteiger partial charge < -0.3 is 24.8 Å². The van der Waals surface area contributed by atoms with Crippen LogP contribution >= 0.6 is 0 Å². The summed E-state index contributed by atoms with van der Waals surface area (Å²) < 4.78 is 16.4. The molecule has 0 aliphatic carbocycles. The maximum absolute atomic E-state index is 5.76. The summed E-state index contributed by atoms with van der Waals surface area (Å²) >= 11 is 0. The van der Waals surface area contributed by atoms with Crippen molar-refractivity contribution in [2.24, 2.45) is 16.8 Å². The standard InChI is InChI=1S/C24H40N4O3/c1-25-24(26-11-3-14-30-18-22-10-15-31-19-22)27-16-20-8-12-28(13-9-20)17-21-4-6-23(29-2)7-5-21/h4-7,20,22H,3,8-19H2,1-2H3,(H2,25,26,27). The van der Waals surface area contributed by atoms with Crippen molar-refractivity contribution in [2.45, 2.75) is 32.2 Å². The van der Waals surface area contributed by atoms with Gasteiger partial charge in [0, 0.05) is 45.8 Å². The Morgan fingerprint density at radius 1 is 1.13 bits per heavy atom. The van der Waals surface area contributed by atoms with Crippen LogP contribution in [0.4, 0.5) is 0 Å². The molecular formula is C24H40N4O3. The van der Waals surface area contributed by atoms with Crippen LogP contribution in [0, 0.1) is 11.8 Å². The van der Waals surface area contributed by atoms with E-state index in [1.165, 1.54) is 18.4 Å². The quantitative estimate of drug-likeness (QED) is 0.318. The Balaban J connectivity index is 1.23. The normalized spacial score (nSPS) is 20.7. The zero-order chi connectivity index (χ0) is 21.7. The summed E-state index contributed by atoms with van der Waals surface area (Å²) in [4.78, 5) is 6.90. The first-order valence-electron chi connectivity index (χ1n) is 11.7. The van der Waals surface area contributed by atoms with E-state index in [0.717, 1.165) is 83.7 Å². The second-order valence-electron chi connectivity index (χ2n) is 8.61. The van der Waals surface area contributed by atoms with Crippen LogP contribution in [0.5, 0.6) is 5.75 Å². The number of guanidine groups is 1. The maximum atomic E-state index is 5.76. The van der Waals surface area contributed by atoms with E-state index in [9.17, 15) is 0 Å². The highest BCUT2D eigenvalue weighted by Crippen LogP contribution is 2.19. The van der Waals surface area contributed by atoms with Gasteiger partial charge in [-0.15, -0.1) is 0 Å². The molecule has 1 aromatic rings. The number of methoxy groups -OCH3 is 1. The van der Waals surface area contributed by atoms with Crippen molar-refractivity contribution in [3.05, 3.63) is 29.8 Å². The maximum Gasteiger partial charge on any atom is 0.190 e. The summed E-state index contributed by atoms with van der Waals surface area (Å²) in [7, 11) is 3.55. The number of benzene rings is 1. The molecule has 0 bridgehead atoms. The number of nitrogens with one attached hydrogen (secondary N) is 2. The molecule has 2 aliphatic rings. The number of aliphatic imine (C=N–C) groups is 1. The monoisotopic (exact) mass is 432 g/mol. The lowest BCUT2D eigenvalue weighted by Gasteiger charge is -2.32. The van der Waals surface area contributed by atoms with Crippen LogP contribution in [0.2, 0.25) is 0 Å². The van der Waals surface area contributed by atoms with Crippen molar-refractivity contribution in [1.29, 1.82) is 0 Å². The van der Waals surface area contributed by atoms with Crippen molar-refractivity contribution in [3.63, 3.8) is 0 Å². The zero-order valence-electron chi connectivity index (χ0n) is 19.3. The fourth-order valence-electron chi connectivity index (χ4n) is 4.15. The molecule has 2 aliphatic heterocycles. The Morgan fingerprint density at radius 3 is 2.61 bits per heavy atom. The van der Waals surface area contributed by atoms with Crippen molar-refractivity contribution in [2.75, 3.05) is 66.8 Å². The van der Waals surface area contributed by atoms with Crippen LogP contribution < -0.4 is 15.4 Å². The van der Waals surface area contributed by atoms with Crippen LogP contribution in [0.1, 0.15) is 31.2 Å². The molecule has 2 fully saturated rings. The molecule has 0 saturated carbocycles. The average molecular weight is 433 g/mol. The van der Waals surface area contributed by atoms with Gasteiger partial charge in [-0.1, -0.05) is 12.1 Å². The molecule has 2 heterocycles. The third-order valence-corrected chi connectivity index (χ3v) is 6.19. The van der Waals surface area contributed by atoms with Crippen molar-refractivity contribution in [3.8, 4) is 5.75 Å². The molecule has 7 nitrogen and oxygen atoms in total. The molecule has 174 valence electrons. The first kappa shape index (κ1) is 23.8. The van der Waals surface area contributed by atoms with Crippen LogP contribution in [-0.4, -0.2) is 77.6 Å². The second-order valence-corrected chi connectivity index (χ2v) is 8.61. The number of rotatable bonds is 11. The van der Waals surface area contributed by atoms with E-state index in [1.807, 2.05) is 19.2 Å². The molecule has 1 unspecified atom stereocenters. The molecule has 0 radical (unpaired) electrons. The summed E-state index contributed by atoms with van der Waals surface area (Å²) in [6.07, 6.45) is 4.56. The van der Waals surface area contributed by atoms with Gasteiger partial charge in [-0.2, -0.15) is 0 Å². The smallest absolute Gasteiger partial charge is 0.190 e. The first-order valence-corrected chi connectivity index (χ1v) is 11.7. The Kier molecular flexibility index (Phi) is 10.4. The van der Waals surface area contributed by atoms with Crippen LogP contribution in [0.15, 0.2) is 29.3 Å². The highest BCUT2D eigenvalue weighted by atomic mass is 16.5. The summed E-state index contributed by atoms with van der Waals surface area (Å²) in [6.45, 7) is 8.52. The summed E-state index contributed by atoms with van der Waals surface area (Å²) in [5.41, 5.74) is 1.35. The molecule has 2 N–H and O–H groups in total. The number of ether oxygens (including phenoxy) is 3. The number of hydrogen-bond donors (Lipinski definition) is 2. The Bertz CT molecular complexity index is 639.